The fourth-order valence-electron chi connectivity index (χ4n) is 5.36. The predicted molar refractivity (Wildman–Crippen MR) is 87.6 cm³/mol. The maximum atomic E-state index is 11.7. The minimum atomic E-state index is -0.172. The minimum Gasteiger partial charge on any atom is -0.462 e. The SMILES string of the molecule is CC(=O)O[C@@H]1CC[C@@H]2[C@@H]3CCC4=CC(=O)CCC4=C3C=C[C@]21C. The molecule has 0 radical (unpaired) electrons. The topological polar surface area (TPSA) is 43.4 Å². The summed E-state index contributed by atoms with van der Waals surface area (Å²) < 4.78 is 5.62. The summed E-state index contributed by atoms with van der Waals surface area (Å²) in [5.74, 6) is 1.22. The maximum absolute atomic E-state index is 11.7. The number of hydrogen-bond acceptors (Lipinski definition) is 3. The molecule has 0 N–H and O–H groups in total. The molecule has 0 aromatic carbocycles. The largest absolute Gasteiger partial charge is 0.462 e. The van der Waals surface area contributed by atoms with E-state index in [9.17, 15) is 9.59 Å². The molecule has 3 nitrogen and oxygen atoms in total. The van der Waals surface area contributed by atoms with Gasteiger partial charge in [-0.25, -0.2) is 0 Å². The first-order valence-electron chi connectivity index (χ1n) is 8.82. The Bertz CT molecular complexity index is 666. The van der Waals surface area contributed by atoms with Gasteiger partial charge < -0.3 is 4.74 Å². The van der Waals surface area contributed by atoms with Gasteiger partial charge in [-0.3, -0.25) is 9.59 Å². The highest BCUT2D eigenvalue weighted by atomic mass is 16.5. The molecule has 4 atom stereocenters. The first kappa shape index (κ1) is 14.9. The van der Waals surface area contributed by atoms with Gasteiger partial charge in [0.05, 0.1) is 0 Å². The van der Waals surface area contributed by atoms with Gasteiger partial charge in [-0.05, 0) is 66.7 Å². The molecule has 0 spiro atoms. The average Bonchev–Trinajstić information content (AvgIpc) is 2.83. The maximum Gasteiger partial charge on any atom is 0.302 e. The van der Waals surface area contributed by atoms with Crippen LogP contribution in [-0.4, -0.2) is 17.9 Å². The molecule has 23 heavy (non-hydrogen) atoms. The molecule has 1 fully saturated rings. The van der Waals surface area contributed by atoms with E-state index >= 15 is 0 Å². The van der Waals surface area contributed by atoms with Crippen LogP contribution in [0.5, 0.6) is 0 Å². The van der Waals surface area contributed by atoms with E-state index in [2.05, 4.69) is 19.1 Å². The molecule has 1 saturated carbocycles. The van der Waals surface area contributed by atoms with E-state index in [0.717, 1.165) is 32.1 Å². The summed E-state index contributed by atoms with van der Waals surface area (Å²) in [4.78, 5) is 23.1. The Morgan fingerprint density at radius 2 is 2.04 bits per heavy atom. The van der Waals surface area contributed by atoms with Crippen molar-refractivity contribution in [2.75, 3.05) is 0 Å². The van der Waals surface area contributed by atoms with Gasteiger partial charge in [0.1, 0.15) is 6.10 Å². The molecule has 0 aliphatic heterocycles. The van der Waals surface area contributed by atoms with Crippen LogP contribution in [0.3, 0.4) is 0 Å². The van der Waals surface area contributed by atoms with Crippen LogP contribution >= 0.6 is 0 Å². The predicted octanol–water partition coefficient (Wildman–Crippen LogP) is 3.90. The Balaban J connectivity index is 1.73. The van der Waals surface area contributed by atoms with Crippen LogP contribution in [0.1, 0.15) is 52.4 Å². The third kappa shape index (κ3) is 2.24. The monoisotopic (exact) mass is 312 g/mol. The van der Waals surface area contributed by atoms with Gasteiger partial charge >= 0.3 is 5.97 Å². The summed E-state index contributed by atoms with van der Waals surface area (Å²) in [6.45, 7) is 3.76. The number of carbonyl (C=O) groups is 2. The molecule has 3 heteroatoms. The Kier molecular flexibility index (Phi) is 3.36. The second kappa shape index (κ2) is 5.19. The highest BCUT2D eigenvalue weighted by Gasteiger charge is 2.53. The highest BCUT2D eigenvalue weighted by Crippen LogP contribution is 2.57. The Morgan fingerprint density at radius 1 is 1.22 bits per heavy atom. The summed E-state index contributed by atoms with van der Waals surface area (Å²) in [7, 11) is 0. The van der Waals surface area contributed by atoms with Crippen molar-refractivity contribution in [3.63, 3.8) is 0 Å². The van der Waals surface area contributed by atoms with Crippen LogP contribution in [0, 0.1) is 17.3 Å². The molecular weight excluding hydrogens is 288 g/mol. The van der Waals surface area contributed by atoms with E-state index in [1.165, 1.54) is 23.6 Å². The minimum absolute atomic E-state index is 0.0117. The smallest absolute Gasteiger partial charge is 0.302 e. The fourth-order valence-corrected chi connectivity index (χ4v) is 5.36. The van der Waals surface area contributed by atoms with Crippen molar-refractivity contribution in [2.24, 2.45) is 17.3 Å². The molecule has 0 unspecified atom stereocenters. The lowest BCUT2D eigenvalue weighted by Gasteiger charge is -2.45. The number of esters is 1. The number of hydrogen-bond donors (Lipinski definition) is 0. The van der Waals surface area contributed by atoms with Crippen LogP contribution < -0.4 is 0 Å². The van der Waals surface area contributed by atoms with Crippen molar-refractivity contribution in [2.45, 2.75) is 58.5 Å². The van der Waals surface area contributed by atoms with E-state index in [1.54, 1.807) is 0 Å². The number of ketones is 1. The van der Waals surface area contributed by atoms with Gasteiger partial charge in [-0.15, -0.1) is 0 Å². The number of carbonyl (C=O) groups excluding carboxylic acids is 2. The summed E-state index contributed by atoms with van der Waals surface area (Å²) in [5, 5.41) is 0. The van der Waals surface area contributed by atoms with E-state index in [1.807, 2.05) is 6.08 Å². The standard InChI is InChI=1S/C20H24O3/c1-12(21)23-19-8-7-18-17-5-3-13-11-14(22)4-6-15(13)16(17)9-10-20(18,19)2/h9-11,17-19H,3-8H2,1-2H3/t17-,18-,19-,20-/m1/s1. The average molecular weight is 312 g/mol. The van der Waals surface area contributed by atoms with E-state index < -0.39 is 0 Å². The van der Waals surface area contributed by atoms with Crippen molar-refractivity contribution >= 4 is 11.8 Å². The number of fused-ring (bicyclic) bond motifs is 4. The van der Waals surface area contributed by atoms with Crippen molar-refractivity contribution < 1.29 is 14.3 Å². The number of allylic oxidation sites excluding steroid dienone is 5. The first-order chi connectivity index (χ1) is 11.0. The fraction of sp³-hybridized carbons (Fsp3) is 0.600. The van der Waals surface area contributed by atoms with Gasteiger partial charge in [-0.2, -0.15) is 0 Å². The van der Waals surface area contributed by atoms with Crippen LogP contribution in [0.2, 0.25) is 0 Å². The molecule has 0 saturated heterocycles. The lowest BCUT2D eigenvalue weighted by molar-refractivity contribution is -0.150. The normalized spacial score (nSPS) is 38.6. The van der Waals surface area contributed by atoms with Gasteiger partial charge in [0, 0.05) is 18.8 Å². The molecule has 4 aliphatic carbocycles. The van der Waals surface area contributed by atoms with Crippen LogP contribution in [-0.2, 0) is 14.3 Å². The van der Waals surface area contributed by atoms with Crippen LogP contribution in [0.15, 0.2) is 34.9 Å². The quantitative estimate of drug-likeness (QED) is 0.690. The Morgan fingerprint density at radius 3 is 2.83 bits per heavy atom. The molecule has 4 rings (SSSR count). The lowest BCUT2D eigenvalue weighted by atomic mass is 9.60. The zero-order valence-electron chi connectivity index (χ0n) is 13.9. The lowest BCUT2D eigenvalue weighted by Crippen LogP contribution is -2.40. The number of rotatable bonds is 1. The second-order valence-electron chi connectivity index (χ2n) is 7.70. The van der Waals surface area contributed by atoms with E-state index in [0.29, 0.717) is 18.3 Å². The second-order valence-corrected chi connectivity index (χ2v) is 7.70. The highest BCUT2D eigenvalue weighted by molar-refractivity contribution is 5.93. The molecule has 0 heterocycles. The summed E-state index contributed by atoms with van der Waals surface area (Å²) in [6.07, 6.45) is 12.2. The van der Waals surface area contributed by atoms with Gasteiger partial charge in [0.15, 0.2) is 5.78 Å². The van der Waals surface area contributed by atoms with Crippen LogP contribution in [0.4, 0.5) is 0 Å². The Labute approximate surface area is 137 Å². The third-order valence-electron chi connectivity index (χ3n) is 6.47. The summed E-state index contributed by atoms with van der Waals surface area (Å²) in [6, 6.07) is 0. The molecular formula is C20H24O3. The van der Waals surface area contributed by atoms with Crippen molar-refractivity contribution in [3.05, 3.63) is 34.9 Å². The van der Waals surface area contributed by atoms with E-state index in [-0.39, 0.29) is 23.3 Å². The third-order valence-corrected chi connectivity index (χ3v) is 6.47. The Hall–Kier alpha value is -1.64. The molecule has 122 valence electrons. The first-order valence-corrected chi connectivity index (χ1v) is 8.82. The van der Waals surface area contributed by atoms with Gasteiger partial charge in [-0.1, -0.05) is 19.1 Å². The zero-order valence-corrected chi connectivity index (χ0v) is 13.9. The molecule has 0 aromatic rings. The van der Waals surface area contributed by atoms with Crippen molar-refractivity contribution in [1.29, 1.82) is 0 Å². The van der Waals surface area contributed by atoms with E-state index in [4.69, 9.17) is 4.74 Å². The zero-order chi connectivity index (χ0) is 16.2. The van der Waals surface area contributed by atoms with Crippen LogP contribution in [0.25, 0.3) is 0 Å². The number of ether oxygens (including phenoxy) is 1. The van der Waals surface area contributed by atoms with Gasteiger partial charge in [0.2, 0.25) is 0 Å². The van der Waals surface area contributed by atoms with Crippen molar-refractivity contribution in [1.82, 2.24) is 0 Å². The molecule has 4 aliphatic rings. The molecule has 0 bridgehead atoms. The van der Waals surface area contributed by atoms with Crippen molar-refractivity contribution in [3.8, 4) is 0 Å². The summed E-state index contributed by atoms with van der Waals surface area (Å²) in [5.41, 5.74) is 4.12. The summed E-state index contributed by atoms with van der Waals surface area (Å²) >= 11 is 0. The van der Waals surface area contributed by atoms with Gasteiger partial charge in [0.25, 0.3) is 0 Å². The molecule has 0 aromatic heterocycles. The molecule has 0 amide bonds.